The van der Waals surface area contributed by atoms with Crippen molar-refractivity contribution in [1.82, 2.24) is 14.7 Å². The summed E-state index contributed by atoms with van der Waals surface area (Å²) in [4.78, 5) is 25.4. The van der Waals surface area contributed by atoms with Gasteiger partial charge in [-0.3, -0.25) is 9.59 Å². The van der Waals surface area contributed by atoms with Crippen LogP contribution in [-0.4, -0.2) is 40.2 Å². The molecule has 0 aliphatic rings. The highest BCUT2D eigenvalue weighted by Crippen LogP contribution is 2.17. The van der Waals surface area contributed by atoms with Crippen molar-refractivity contribution >= 4 is 27.5 Å². The molecule has 0 fully saturated rings. The molecule has 1 heterocycles. The largest absolute Gasteiger partial charge is 0.372 e. The first-order valence-electron chi connectivity index (χ1n) is 6.19. The molecule has 0 bridgehead atoms. The Bertz CT molecular complexity index is 515. The fraction of sp³-hybridized carbons (Fsp3) is 0.583. The molecule has 0 saturated heterocycles. The summed E-state index contributed by atoms with van der Waals surface area (Å²) in [6.07, 6.45) is 1.55. The lowest BCUT2D eigenvalue weighted by molar-refractivity contribution is -0.130. The number of amides is 1. The van der Waals surface area contributed by atoms with E-state index in [4.69, 9.17) is 0 Å². The number of nitrogens with one attached hydrogen (secondary N) is 1. The van der Waals surface area contributed by atoms with Crippen molar-refractivity contribution in [3.63, 3.8) is 0 Å². The average molecular weight is 331 g/mol. The SMILES string of the molecule is CCN(C)C(=O)C(C)Nc1cnn(CC)c(=O)c1Br. The van der Waals surface area contributed by atoms with Crippen LogP contribution in [0.2, 0.25) is 0 Å². The lowest BCUT2D eigenvalue weighted by Crippen LogP contribution is -2.39. The van der Waals surface area contributed by atoms with Gasteiger partial charge in [0.15, 0.2) is 0 Å². The van der Waals surface area contributed by atoms with Crippen LogP contribution in [0.1, 0.15) is 20.8 Å². The zero-order chi connectivity index (χ0) is 14.6. The van der Waals surface area contributed by atoms with E-state index in [1.165, 1.54) is 4.68 Å². The molecular formula is C12H19BrN4O2. The normalized spacial score (nSPS) is 12.1. The van der Waals surface area contributed by atoms with Gasteiger partial charge in [0.1, 0.15) is 10.5 Å². The Morgan fingerprint density at radius 1 is 1.58 bits per heavy atom. The highest BCUT2D eigenvalue weighted by Gasteiger charge is 2.18. The molecule has 0 aliphatic heterocycles. The zero-order valence-electron chi connectivity index (χ0n) is 11.6. The van der Waals surface area contributed by atoms with E-state index in [2.05, 4.69) is 26.3 Å². The molecule has 1 unspecified atom stereocenters. The van der Waals surface area contributed by atoms with Crippen LogP contribution in [0.3, 0.4) is 0 Å². The number of hydrogen-bond donors (Lipinski definition) is 1. The third-order valence-electron chi connectivity index (χ3n) is 2.88. The first-order valence-corrected chi connectivity index (χ1v) is 6.98. The van der Waals surface area contributed by atoms with Gasteiger partial charge in [0.05, 0.1) is 11.9 Å². The van der Waals surface area contributed by atoms with Crippen LogP contribution in [0, 0.1) is 0 Å². The van der Waals surface area contributed by atoms with Gasteiger partial charge in [-0.1, -0.05) is 0 Å². The minimum absolute atomic E-state index is 0.0333. The Hall–Kier alpha value is -1.37. The van der Waals surface area contributed by atoms with Gasteiger partial charge in [-0.05, 0) is 36.7 Å². The molecule has 1 aromatic rings. The van der Waals surface area contributed by atoms with E-state index in [1.807, 2.05) is 13.8 Å². The van der Waals surface area contributed by atoms with E-state index in [0.717, 1.165) is 0 Å². The highest BCUT2D eigenvalue weighted by molar-refractivity contribution is 9.10. The van der Waals surface area contributed by atoms with Crippen molar-refractivity contribution in [2.24, 2.45) is 0 Å². The maximum Gasteiger partial charge on any atom is 0.283 e. The Balaban J connectivity index is 2.92. The minimum atomic E-state index is -0.417. The maximum absolute atomic E-state index is 11.9. The van der Waals surface area contributed by atoms with E-state index in [-0.39, 0.29) is 11.5 Å². The second kappa shape index (κ2) is 6.70. The molecule has 7 heteroatoms. The van der Waals surface area contributed by atoms with Crippen molar-refractivity contribution < 1.29 is 4.79 Å². The standard InChI is InChI=1S/C12H19BrN4O2/c1-5-16(4)11(18)8(3)15-9-7-14-17(6-2)12(19)10(9)13/h7-8,15H,5-6H2,1-4H3. The van der Waals surface area contributed by atoms with Gasteiger partial charge in [0, 0.05) is 20.1 Å². The molecular weight excluding hydrogens is 312 g/mol. The molecule has 1 rings (SSSR count). The van der Waals surface area contributed by atoms with Crippen molar-refractivity contribution in [3.8, 4) is 0 Å². The van der Waals surface area contributed by atoms with Crippen molar-refractivity contribution in [1.29, 1.82) is 0 Å². The molecule has 0 radical (unpaired) electrons. The van der Waals surface area contributed by atoms with Gasteiger partial charge in [-0.15, -0.1) is 0 Å². The first-order chi connectivity index (χ1) is 8.92. The number of hydrogen-bond acceptors (Lipinski definition) is 4. The van der Waals surface area contributed by atoms with Crippen LogP contribution >= 0.6 is 15.9 Å². The Morgan fingerprint density at radius 2 is 2.21 bits per heavy atom. The van der Waals surface area contributed by atoms with Crippen LogP contribution in [0.4, 0.5) is 5.69 Å². The van der Waals surface area contributed by atoms with E-state index in [0.29, 0.717) is 23.2 Å². The molecule has 1 aromatic heterocycles. The van der Waals surface area contributed by atoms with Crippen LogP contribution in [-0.2, 0) is 11.3 Å². The van der Waals surface area contributed by atoms with Crippen molar-refractivity contribution in [3.05, 3.63) is 21.0 Å². The predicted octanol–water partition coefficient (Wildman–Crippen LogP) is 1.30. The van der Waals surface area contributed by atoms with E-state index < -0.39 is 6.04 Å². The monoisotopic (exact) mass is 330 g/mol. The summed E-state index contributed by atoms with van der Waals surface area (Å²) in [5.74, 6) is -0.0333. The van der Waals surface area contributed by atoms with Crippen LogP contribution in [0.5, 0.6) is 0 Å². The topological polar surface area (TPSA) is 67.2 Å². The zero-order valence-corrected chi connectivity index (χ0v) is 13.2. The maximum atomic E-state index is 11.9. The number of aromatic nitrogens is 2. The number of nitrogens with zero attached hydrogens (tertiary/aromatic N) is 3. The Morgan fingerprint density at radius 3 is 2.74 bits per heavy atom. The fourth-order valence-electron chi connectivity index (χ4n) is 1.57. The summed E-state index contributed by atoms with van der Waals surface area (Å²) in [5.41, 5.74) is 0.316. The number of aryl methyl sites for hydroxylation is 1. The van der Waals surface area contributed by atoms with E-state index in [9.17, 15) is 9.59 Å². The summed E-state index contributed by atoms with van der Waals surface area (Å²) in [5, 5.41) is 7.03. The highest BCUT2D eigenvalue weighted by atomic mass is 79.9. The van der Waals surface area contributed by atoms with Gasteiger partial charge in [0.2, 0.25) is 5.91 Å². The molecule has 19 heavy (non-hydrogen) atoms. The first kappa shape index (κ1) is 15.7. The van der Waals surface area contributed by atoms with Crippen LogP contribution in [0.15, 0.2) is 15.5 Å². The van der Waals surface area contributed by atoms with Gasteiger partial charge in [-0.25, -0.2) is 4.68 Å². The Labute approximate surface area is 120 Å². The summed E-state index contributed by atoms with van der Waals surface area (Å²) in [6.45, 7) is 6.65. The molecule has 0 spiro atoms. The van der Waals surface area contributed by atoms with Gasteiger partial charge < -0.3 is 10.2 Å². The summed E-state index contributed by atoms with van der Waals surface area (Å²) in [6, 6.07) is -0.417. The number of likely N-dealkylation sites (N-methyl/N-ethyl adjacent to an activating group) is 1. The smallest absolute Gasteiger partial charge is 0.283 e. The minimum Gasteiger partial charge on any atom is -0.372 e. The van der Waals surface area contributed by atoms with Crippen LogP contribution < -0.4 is 10.9 Å². The molecule has 106 valence electrons. The Kier molecular flexibility index (Phi) is 5.53. The average Bonchev–Trinajstić information content (AvgIpc) is 2.42. The third kappa shape index (κ3) is 3.56. The molecule has 1 N–H and O–H groups in total. The van der Waals surface area contributed by atoms with E-state index in [1.54, 1.807) is 25.1 Å². The third-order valence-corrected chi connectivity index (χ3v) is 3.64. The summed E-state index contributed by atoms with van der Waals surface area (Å²) >= 11 is 3.24. The van der Waals surface area contributed by atoms with Gasteiger partial charge >= 0.3 is 0 Å². The molecule has 0 aliphatic carbocycles. The van der Waals surface area contributed by atoms with Gasteiger partial charge in [0.25, 0.3) is 5.56 Å². The number of carbonyl (C=O) groups is 1. The molecule has 1 atom stereocenters. The molecule has 0 saturated carbocycles. The van der Waals surface area contributed by atoms with Crippen LogP contribution in [0.25, 0.3) is 0 Å². The van der Waals surface area contributed by atoms with Gasteiger partial charge in [-0.2, -0.15) is 5.10 Å². The number of carbonyl (C=O) groups excluding carboxylic acids is 1. The summed E-state index contributed by atoms with van der Waals surface area (Å²) < 4.78 is 1.74. The molecule has 0 aromatic carbocycles. The molecule has 6 nitrogen and oxygen atoms in total. The number of rotatable bonds is 5. The van der Waals surface area contributed by atoms with Crippen molar-refractivity contribution in [2.75, 3.05) is 18.9 Å². The fourth-order valence-corrected chi connectivity index (χ4v) is 1.99. The van der Waals surface area contributed by atoms with Crippen molar-refractivity contribution in [2.45, 2.75) is 33.4 Å². The second-order valence-corrected chi connectivity index (χ2v) is 5.00. The molecule has 1 amide bonds. The number of halogens is 1. The predicted molar refractivity (Wildman–Crippen MR) is 78.3 cm³/mol. The van der Waals surface area contributed by atoms with E-state index >= 15 is 0 Å². The second-order valence-electron chi connectivity index (χ2n) is 4.21. The number of anilines is 1. The lowest BCUT2D eigenvalue weighted by Gasteiger charge is -2.21. The summed E-state index contributed by atoms with van der Waals surface area (Å²) in [7, 11) is 1.74. The quantitative estimate of drug-likeness (QED) is 0.883. The lowest BCUT2D eigenvalue weighted by atomic mass is 10.2.